The molecule has 0 aliphatic rings. The fourth-order valence-electron chi connectivity index (χ4n) is 1.86. The first-order valence-corrected chi connectivity index (χ1v) is 7.96. The molecule has 0 amide bonds. The molecule has 2 rings (SSSR count). The fraction of sp³-hybridized carbons (Fsp3) is 0.467. The van der Waals surface area contributed by atoms with Crippen LogP contribution in [0.15, 0.2) is 29.1 Å². The summed E-state index contributed by atoms with van der Waals surface area (Å²) in [4.78, 5) is 4.36. The van der Waals surface area contributed by atoms with Gasteiger partial charge in [0.15, 0.2) is 5.75 Å². The normalized spacial score (nSPS) is 11.1. The predicted molar refractivity (Wildman–Crippen MR) is 86.5 cm³/mol. The van der Waals surface area contributed by atoms with Gasteiger partial charge in [-0.1, -0.05) is 20.8 Å². The average molecular weight is 353 g/mol. The zero-order valence-electron chi connectivity index (χ0n) is 12.6. The molecule has 0 bridgehead atoms. The molecule has 0 saturated carbocycles. The summed E-state index contributed by atoms with van der Waals surface area (Å²) in [6.45, 7) is 7.94. The number of rotatable bonds is 7. The number of hydrogen-bond donors (Lipinski definition) is 1. The molecule has 21 heavy (non-hydrogen) atoms. The lowest BCUT2D eigenvalue weighted by Gasteiger charge is -2.12. The first-order valence-electron chi connectivity index (χ1n) is 7.16. The SMILES string of the molecule is CCCn1cc(Oc2ncc(Br)cc2CNC(C)C)cn1. The Bertz CT molecular complexity index is 583. The van der Waals surface area contributed by atoms with E-state index in [9.17, 15) is 0 Å². The van der Waals surface area contributed by atoms with Crippen LogP contribution >= 0.6 is 15.9 Å². The number of nitrogens with zero attached hydrogens (tertiary/aromatic N) is 3. The first kappa shape index (κ1) is 16.0. The van der Waals surface area contributed by atoms with Gasteiger partial charge in [-0.2, -0.15) is 5.10 Å². The number of halogens is 1. The van der Waals surface area contributed by atoms with Gasteiger partial charge in [-0.25, -0.2) is 4.98 Å². The number of pyridine rings is 1. The Morgan fingerprint density at radius 3 is 2.90 bits per heavy atom. The maximum Gasteiger partial charge on any atom is 0.223 e. The van der Waals surface area contributed by atoms with Gasteiger partial charge in [0.25, 0.3) is 0 Å². The van der Waals surface area contributed by atoms with Gasteiger partial charge in [0.2, 0.25) is 5.88 Å². The van der Waals surface area contributed by atoms with E-state index in [-0.39, 0.29) is 0 Å². The number of nitrogens with one attached hydrogen (secondary N) is 1. The maximum atomic E-state index is 5.87. The third-order valence-electron chi connectivity index (χ3n) is 2.87. The van der Waals surface area contributed by atoms with E-state index in [1.54, 1.807) is 12.4 Å². The van der Waals surface area contributed by atoms with E-state index < -0.39 is 0 Å². The molecule has 2 aromatic rings. The van der Waals surface area contributed by atoms with Gasteiger partial charge < -0.3 is 10.1 Å². The molecular weight excluding hydrogens is 332 g/mol. The van der Waals surface area contributed by atoms with Gasteiger partial charge in [0, 0.05) is 35.4 Å². The third kappa shape index (κ3) is 4.82. The summed E-state index contributed by atoms with van der Waals surface area (Å²) in [7, 11) is 0. The van der Waals surface area contributed by atoms with Crippen molar-refractivity contribution >= 4 is 15.9 Å². The smallest absolute Gasteiger partial charge is 0.223 e. The summed E-state index contributed by atoms with van der Waals surface area (Å²) in [6, 6.07) is 2.43. The highest BCUT2D eigenvalue weighted by molar-refractivity contribution is 9.10. The highest BCUT2D eigenvalue weighted by Crippen LogP contribution is 2.25. The van der Waals surface area contributed by atoms with Crippen molar-refractivity contribution in [2.75, 3.05) is 0 Å². The van der Waals surface area contributed by atoms with Gasteiger partial charge >= 0.3 is 0 Å². The van der Waals surface area contributed by atoms with E-state index in [0.29, 0.717) is 24.2 Å². The molecule has 2 heterocycles. The first-order chi connectivity index (χ1) is 10.1. The van der Waals surface area contributed by atoms with Crippen LogP contribution < -0.4 is 10.1 Å². The van der Waals surface area contributed by atoms with Crippen molar-refractivity contribution in [3.63, 3.8) is 0 Å². The molecule has 5 nitrogen and oxygen atoms in total. The van der Waals surface area contributed by atoms with Crippen LogP contribution in [0.1, 0.15) is 32.8 Å². The van der Waals surface area contributed by atoms with E-state index in [1.807, 2.05) is 16.9 Å². The van der Waals surface area contributed by atoms with Crippen molar-refractivity contribution in [2.24, 2.45) is 0 Å². The largest absolute Gasteiger partial charge is 0.435 e. The van der Waals surface area contributed by atoms with Gasteiger partial charge in [-0.3, -0.25) is 4.68 Å². The van der Waals surface area contributed by atoms with Crippen LogP contribution in [0.25, 0.3) is 0 Å². The van der Waals surface area contributed by atoms with Crippen molar-refractivity contribution in [3.05, 3.63) is 34.7 Å². The summed E-state index contributed by atoms with van der Waals surface area (Å²) in [5, 5.41) is 7.64. The van der Waals surface area contributed by atoms with Crippen LogP contribution in [0.5, 0.6) is 11.6 Å². The van der Waals surface area contributed by atoms with E-state index in [2.05, 4.69) is 52.1 Å². The van der Waals surface area contributed by atoms with Crippen molar-refractivity contribution in [1.29, 1.82) is 0 Å². The molecule has 0 aliphatic carbocycles. The molecule has 2 aromatic heterocycles. The summed E-state index contributed by atoms with van der Waals surface area (Å²) < 4.78 is 8.69. The molecule has 114 valence electrons. The van der Waals surface area contributed by atoms with Crippen LogP contribution in [0.3, 0.4) is 0 Å². The molecule has 6 heteroatoms. The minimum Gasteiger partial charge on any atom is -0.435 e. The van der Waals surface area contributed by atoms with E-state index in [0.717, 1.165) is 23.0 Å². The van der Waals surface area contributed by atoms with E-state index in [4.69, 9.17) is 4.74 Å². The minimum absolute atomic E-state index is 0.407. The number of aromatic nitrogens is 3. The number of hydrogen-bond acceptors (Lipinski definition) is 4. The van der Waals surface area contributed by atoms with E-state index in [1.165, 1.54) is 0 Å². The molecule has 0 aromatic carbocycles. The highest BCUT2D eigenvalue weighted by Gasteiger charge is 2.09. The van der Waals surface area contributed by atoms with Gasteiger partial charge in [-0.05, 0) is 28.4 Å². The molecule has 0 atom stereocenters. The Balaban J connectivity index is 2.13. The lowest BCUT2D eigenvalue weighted by molar-refractivity contribution is 0.448. The monoisotopic (exact) mass is 352 g/mol. The van der Waals surface area contributed by atoms with Gasteiger partial charge in [0.05, 0.1) is 12.4 Å². The number of ether oxygens (including phenoxy) is 1. The second-order valence-electron chi connectivity index (χ2n) is 5.19. The van der Waals surface area contributed by atoms with Crippen molar-refractivity contribution in [2.45, 2.75) is 46.3 Å². The molecule has 0 saturated heterocycles. The average Bonchev–Trinajstić information content (AvgIpc) is 2.87. The van der Waals surface area contributed by atoms with Crippen LogP contribution in [0.2, 0.25) is 0 Å². The van der Waals surface area contributed by atoms with Crippen molar-refractivity contribution in [1.82, 2.24) is 20.1 Å². The Labute approximate surface area is 133 Å². The zero-order chi connectivity index (χ0) is 15.2. The summed E-state index contributed by atoms with van der Waals surface area (Å²) in [6.07, 6.45) is 6.40. The highest BCUT2D eigenvalue weighted by atomic mass is 79.9. The Kier molecular flexibility index (Phi) is 5.76. The molecule has 0 spiro atoms. The van der Waals surface area contributed by atoms with Crippen molar-refractivity contribution in [3.8, 4) is 11.6 Å². The zero-order valence-corrected chi connectivity index (χ0v) is 14.2. The Hall–Kier alpha value is -1.40. The standard InChI is InChI=1S/C15H21BrN4O/c1-4-5-20-10-14(9-19-20)21-15-12(7-17-11(2)3)6-13(16)8-18-15/h6,8-11,17H,4-5,7H2,1-3H3. The molecule has 0 radical (unpaired) electrons. The summed E-state index contributed by atoms with van der Waals surface area (Å²) >= 11 is 3.45. The third-order valence-corrected chi connectivity index (χ3v) is 3.30. The topological polar surface area (TPSA) is 52.0 Å². The van der Waals surface area contributed by atoms with Gasteiger partial charge in [-0.15, -0.1) is 0 Å². The Morgan fingerprint density at radius 1 is 1.38 bits per heavy atom. The number of aryl methyl sites for hydroxylation is 1. The molecule has 0 aliphatic heterocycles. The lowest BCUT2D eigenvalue weighted by Crippen LogP contribution is -2.22. The second kappa shape index (κ2) is 7.56. The van der Waals surface area contributed by atoms with E-state index >= 15 is 0 Å². The molecule has 1 N–H and O–H groups in total. The van der Waals surface area contributed by atoms with Crippen LogP contribution in [-0.2, 0) is 13.1 Å². The summed E-state index contributed by atoms with van der Waals surface area (Å²) in [5.74, 6) is 1.33. The fourth-order valence-corrected chi connectivity index (χ4v) is 2.24. The lowest BCUT2D eigenvalue weighted by atomic mass is 10.2. The summed E-state index contributed by atoms with van der Waals surface area (Å²) in [5.41, 5.74) is 1.02. The Morgan fingerprint density at radius 2 is 2.19 bits per heavy atom. The van der Waals surface area contributed by atoms with Crippen LogP contribution in [0, 0.1) is 0 Å². The van der Waals surface area contributed by atoms with Crippen LogP contribution in [-0.4, -0.2) is 20.8 Å². The molecule has 0 unspecified atom stereocenters. The van der Waals surface area contributed by atoms with Crippen molar-refractivity contribution < 1.29 is 4.74 Å². The predicted octanol–water partition coefficient (Wildman–Crippen LogP) is 3.74. The minimum atomic E-state index is 0.407. The molecular formula is C15H21BrN4O. The second-order valence-corrected chi connectivity index (χ2v) is 6.11. The molecule has 0 fully saturated rings. The maximum absolute atomic E-state index is 5.87. The van der Waals surface area contributed by atoms with Gasteiger partial charge in [0.1, 0.15) is 0 Å². The van der Waals surface area contributed by atoms with Crippen LogP contribution in [0.4, 0.5) is 0 Å². The quantitative estimate of drug-likeness (QED) is 0.824.